The van der Waals surface area contributed by atoms with Crippen LogP contribution < -0.4 is 15.4 Å². The van der Waals surface area contributed by atoms with E-state index in [-0.39, 0.29) is 74.7 Å². The van der Waals surface area contributed by atoms with Crippen molar-refractivity contribution in [3.8, 4) is 5.75 Å². The van der Waals surface area contributed by atoms with Gasteiger partial charge in [0.15, 0.2) is 12.5 Å². The first-order valence-electron chi connectivity index (χ1n) is 15.3. The van der Waals surface area contributed by atoms with Crippen molar-refractivity contribution >= 4 is 41.7 Å². The summed E-state index contributed by atoms with van der Waals surface area (Å²) in [6.07, 6.45) is 0.667. The second-order valence-corrected chi connectivity index (χ2v) is 12.6. The molecule has 3 unspecified atom stereocenters. The Kier molecular flexibility index (Phi) is 13.0. The average molecular weight is 661 g/mol. The monoisotopic (exact) mass is 660 g/mol. The number of nitrogens with one attached hydrogen (secondary N) is 3. The maximum Gasteiger partial charge on any atom is 0.333 e. The van der Waals surface area contributed by atoms with Gasteiger partial charge in [-0.2, -0.15) is 0 Å². The Balaban J connectivity index is 1.49. The number of aliphatic hydroxyl groups is 1. The quantitative estimate of drug-likeness (QED) is 0.0873. The molecule has 258 valence electrons. The minimum absolute atomic E-state index is 0.0263. The number of aliphatic carboxylic acids is 1. The lowest BCUT2D eigenvalue weighted by Crippen LogP contribution is -2.42. The molecule has 0 spiro atoms. The largest absolute Gasteiger partial charge is 0.479 e. The van der Waals surface area contributed by atoms with Crippen LogP contribution in [0, 0.1) is 10.8 Å². The van der Waals surface area contributed by atoms with E-state index in [1.165, 1.54) is 18.2 Å². The van der Waals surface area contributed by atoms with E-state index >= 15 is 0 Å². The molecule has 0 radical (unpaired) electrons. The number of aliphatic hydroxyl groups excluding tert-OH is 1. The van der Waals surface area contributed by atoms with Gasteiger partial charge in [0, 0.05) is 56.5 Å². The third kappa shape index (κ3) is 11.4. The van der Waals surface area contributed by atoms with E-state index in [1.54, 1.807) is 26.0 Å². The zero-order valence-corrected chi connectivity index (χ0v) is 27.1. The van der Waals surface area contributed by atoms with Crippen molar-refractivity contribution in [2.75, 3.05) is 25.0 Å². The number of carboxylic acid groups (broad SMARTS) is 1. The van der Waals surface area contributed by atoms with Crippen LogP contribution >= 0.6 is 0 Å². The maximum absolute atomic E-state index is 12.9. The van der Waals surface area contributed by atoms with Crippen LogP contribution in [0.15, 0.2) is 30.4 Å². The Morgan fingerprint density at radius 2 is 1.81 bits per heavy atom. The molecule has 1 aromatic carbocycles. The Bertz CT molecular complexity index is 1340. The number of anilines is 1. The highest BCUT2D eigenvalue weighted by Crippen LogP contribution is 2.31. The van der Waals surface area contributed by atoms with E-state index in [9.17, 15) is 34.2 Å². The van der Waals surface area contributed by atoms with Gasteiger partial charge in [0.05, 0.1) is 17.4 Å². The van der Waals surface area contributed by atoms with Gasteiger partial charge >= 0.3 is 5.97 Å². The summed E-state index contributed by atoms with van der Waals surface area (Å²) in [6, 6.07) is 4.75. The van der Waals surface area contributed by atoms with Gasteiger partial charge < -0.3 is 39.8 Å². The summed E-state index contributed by atoms with van der Waals surface area (Å²) in [6.45, 7) is 7.79. The van der Waals surface area contributed by atoms with Crippen molar-refractivity contribution in [2.45, 2.75) is 90.5 Å². The summed E-state index contributed by atoms with van der Waals surface area (Å²) in [5.74, 6) is -2.47. The SMILES string of the molecule is CC(C)(CCN1C(=O)C=CC1=O)OCCC(C)(C)C(=O)NCCC(=O)Nc1cc(COC=N)ccc1OC1CC(O)CC(C(=O)O)O1. The molecule has 0 aromatic heterocycles. The maximum atomic E-state index is 12.9. The molecule has 3 atom stereocenters. The Morgan fingerprint density at radius 3 is 2.47 bits per heavy atom. The van der Waals surface area contributed by atoms with E-state index in [2.05, 4.69) is 10.6 Å². The van der Waals surface area contributed by atoms with E-state index in [0.717, 1.165) is 11.3 Å². The van der Waals surface area contributed by atoms with Gasteiger partial charge in [0.1, 0.15) is 12.4 Å². The number of imide groups is 1. The second kappa shape index (κ2) is 16.5. The molecule has 15 heteroatoms. The highest BCUT2D eigenvalue weighted by Gasteiger charge is 2.35. The van der Waals surface area contributed by atoms with E-state index in [0.29, 0.717) is 18.4 Å². The molecule has 5 N–H and O–H groups in total. The molecule has 3 rings (SSSR count). The molecule has 1 aromatic rings. The summed E-state index contributed by atoms with van der Waals surface area (Å²) in [5.41, 5.74) is -0.613. The van der Waals surface area contributed by atoms with E-state index in [4.69, 9.17) is 24.4 Å². The average Bonchev–Trinajstić information content (AvgIpc) is 3.31. The van der Waals surface area contributed by atoms with Crippen LogP contribution in [-0.4, -0.2) is 94.9 Å². The van der Waals surface area contributed by atoms with Gasteiger partial charge in [-0.1, -0.05) is 19.9 Å². The van der Waals surface area contributed by atoms with Crippen LogP contribution in [0.1, 0.15) is 65.4 Å². The molecule has 0 bridgehead atoms. The van der Waals surface area contributed by atoms with Crippen molar-refractivity contribution in [1.82, 2.24) is 10.2 Å². The molecule has 2 aliphatic rings. The minimum Gasteiger partial charge on any atom is -0.479 e. The highest BCUT2D eigenvalue weighted by molar-refractivity contribution is 6.12. The van der Waals surface area contributed by atoms with E-state index < -0.39 is 41.4 Å². The third-order valence-corrected chi connectivity index (χ3v) is 7.76. The minimum atomic E-state index is -1.25. The van der Waals surface area contributed by atoms with Crippen LogP contribution in [0.3, 0.4) is 0 Å². The summed E-state index contributed by atoms with van der Waals surface area (Å²) in [4.78, 5) is 61.9. The van der Waals surface area contributed by atoms with Gasteiger partial charge in [0.25, 0.3) is 11.8 Å². The van der Waals surface area contributed by atoms with Crippen LogP contribution in [0.25, 0.3) is 0 Å². The van der Waals surface area contributed by atoms with Gasteiger partial charge in [-0.15, -0.1) is 0 Å². The normalized spacial score (nSPS) is 19.8. The van der Waals surface area contributed by atoms with Crippen molar-refractivity contribution in [1.29, 1.82) is 5.41 Å². The molecule has 2 aliphatic heterocycles. The Labute approximate surface area is 273 Å². The number of nitrogens with zero attached hydrogens (tertiary/aromatic N) is 1. The summed E-state index contributed by atoms with van der Waals surface area (Å²) in [5, 5.41) is 32.0. The molecular formula is C32H44N4O11. The first-order valence-corrected chi connectivity index (χ1v) is 15.3. The van der Waals surface area contributed by atoms with Crippen molar-refractivity contribution in [2.24, 2.45) is 5.41 Å². The number of amides is 4. The number of hydrogen-bond donors (Lipinski definition) is 5. The number of benzene rings is 1. The van der Waals surface area contributed by atoms with Crippen LogP contribution in [-0.2, 0) is 44.8 Å². The number of ether oxygens (including phenoxy) is 4. The lowest BCUT2D eigenvalue weighted by atomic mass is 9.88. The topological polar surface area (TPSA) is 214 Å². The Hall–Kier alpha value is -4.34. The highest BCUT2D eigenvalue weighted by atomic mass is 16.7. The number of rotatable bonds is 18. The fourth-order valence-corrected chi connectivity index (χ4v) is 4.78. The molecular weight excluding hydrogens is 616 g/mol. The predicted octanol–water partition coefficient (Wildman–Crippen LogP) is 2.11. The zero-order chi connectivity index (χ0) is 34.8. The summed E-state index contributed by atoms with van der Waals surface area (Å²) < 4.78 is 22.3. The van der Waals surface area contributed by atoms with Gasteiger partial charge in [-0.25, -0.2) is 4.79 Å². The first kappa shape index (κ1) is 37.1. The fourth-order valence-electron chi connectivity index (χ4n) is 4.78. The molecule has 47 heavy (non-hydrogen) atoms. The number of hydrogen-bond acceptors (Lipinski definition) is 11. The molecule has 15 nitrogen and oxygen atoms in total. The van der Waals surface area contributed by atoms with Crippen LogP contribution in [0.2, 0.25) is 0 Å². The molecule has 0 saturated carbocycles. The Morgan fingerprint density at radius 1 is 1.11 bits per heavy atom. The lowest BCUT2D eigenvalue weighted by Gasteiger charge is -2.31. The van der Waals surface area contributed by atoms with Gasteiger partial charge in [0.2, 0.25) is 18.1 Å². The van der Waals surface area contributed by atoms with Crippen molar-refractivity contribution < 1.29 is 53.1 Å². The first-order chi connectivity index (χ1) is 22.1. The smallest absolute Gasteiger partial charge is 0.333 e. The molecule has 0 aliphatic carbocycles. The third-order valence-electron chi connectivity index (χ3n) is 7.76. The van der Waals surface area contributed by atoms with Crippen LogP contribution in [0.5, 0.6) is 5.75 Å². The molecule has 1 fully saturated rings. The standard InChI is InChI=1S/C32H44N4O11/c1-31(2,11-14-45-32(3,4)10-13-36-26(39)7-8-27(36)40)30(43)34-12-9-25(38)35-22-15-20(18-44-19-33)5-6-23(22)46-28-17-21(37)16-24(47-28)29(41)42/h5-8,15,19,21,24,28,33,37H,9-14,16-18H2,1-4H3,(H,34,43)(H,35,38)(H,41,42). The zero-order valence-electron chi connectivity index (χ0n) is 27.1. The molecule has 4 amide bonds. The number of carbonyl (C=O) groups excluding carboxylic acids is 4. The second-order valence-electron chi connectivity index (χ2n) is 12.6. The lowest BCUT2D eigenvalue weighted by molar-refractivity contribution is -0.195. The van der Waals surface area contributed by atoms with Gasteiger partial charge in [-0.3, -0.25) is 29.5 Å². The number of carbonyl (C=O) groups is 5. The van der Waals surface area contributed by atoms with Crippen LogP contribution in [0.4, 0.5) is 5.69 Å². The van der Waals surface area contributed by atoms with Crippen molar-refractivity contribution in [3.63, 3.8) is 0 Å². The predicted molar refractivity (Wildman–Crippen MR) is 167 cm³/mol. The molecule has 1 saturated heterocycles. The molecule has 2 heterocycles. The number of carboxylic acids is 1. The fraction of sp³-hybridized carbons (Fsp3) is 0.562. The van der Waals surface area contributed by atoms with E-state index in [1.807, 2.05) is 13.8 Å². The van der Waals surface area contributed by atoms with Crippen molar-refractivity contribution in [3.05, 3.63) is 35.9 Å². The summed E-state index contributed by atoms with van der Waals surface area (Å²) in [7, 11) is 0. The van der Waals surface area contributed by atoms with Gasteiger partial charge in [-0.05, 0) is 44.4 Å². The summed E-state index contributed by atoms with van der Waals surface area (Å²) >= 11 is 0.